The van der Waals surface area contributed by atoms with Crippen molar-refractivity contribution < 1.29 is 0 Å². The zero-order valence-corrected chi connectivity index (χ0v) is 10.7. The summed E-state index contributed by atoms with van der Waals surface area (Å²) in [5.74, 6) is 0. The van der Waals surface area contributed by atoms with Gasteiger partial charge in [0, 0.05) is 24.2 Å². The van der Waals surface area contributed by atoms with Crippen molar-refractivity contribution in [1.29, 1.82) is 5.26 Å². The Balaban J connectivity index is 1.93. The molecule has 0 radical (unpaired) electrons. The standard InChI is InChI=1S/C13H16ClN3/c1-17-5-4-12(9-17)16-8-11-3-2-10(7-15)6-13(11)14/h2-3,6,12,16H,4-5,8-9H2,1H3. The summed E-state index contributed by atoms with van der Waals surface area (Å²) in [6, 6.07) is 8.09. The van der Waals surface area contributed by atoms with E-state index in [1.807, 2.05) is 12.1 Å². The van der Waals surface area contributed by atoms with Gasteiger partial charge < -0.3 is 10.2 Å². The molecular formula is C13H16ClN3. The fourth-order valence-corrected chi connectivity index (χ4v) is 2.36. The fourth-order valence-electron chi connectivity index (χ4n) is 2.12. The van der Waals surface area contributed by atoms with Gasteiger partial charge in [0.05, 0.1) is 11.6 Å². The highest BCUT2D eigenvalue weighted by Crippen LogP contribution is 2.18. The highest BCUT2D eigenvalue weighted by Gasteiger charge is 2.18. The second kappa shape index (κ2) is 5.50. The molecule has 1 atom stereocenters. The summed E-state index contributed by atoms with van der Waals surface area (Å²) in [6.45, 7) is 3.01. The molecule has 1 fully saturated rings. The van der Waals surface area contributed by atoms with E-state index in [1.165, 1.54) is 6.42 Å². The van der Waals surface area contributed by atoms with Crippen molar-refractivity contribution in [1.82, 2.24) is 10.2 Å². The molecule has 0 bridgehead atoms. The van der Waals surface area contributed by atoms with Crippen LogP contribution in [0.4, 0.5) is 0 Å². The third kappa shape index (κ3) is 3.19. The average Bonchev–Trinajstić information content (AvgIpc) is 2.73. The van der Waals surface area contributed by atoms with Crippen LogP contribution in [0.15, 0.2) is 18.2 Å². The summed E-state index contributed by atoms with van der Waals surface area (Å²) < 4.78 is 0. The third-order valence-electron chi connectivity index (χ3n) is 3.15. The van der Waals surface area contributed by atoms with Gasteiger partial charge in [0.2, 0.25) is 0 Å². The maximum absolute atomic E-state index is 8.75. The van der Waals surface area contributed by atoms with Crippen LogP contribution in [0, 0.1) is 11.3 Å². The lowest BCUT2D eigenvalue weighted by atomic mass is 10.1. The van der Waals surface area contributed by atoms with Gasteiger partial charge in [0.15, 0.2) is 0 Å². The number of rotatable bonds is 3. The van der Waals surface area contributed by atoms with Crippen molar-refractivity contribution in [3.63, 3.8) is 0 Å². The maximum Gasteiger partial charge on any atom is 0.0992 e. The smallest absolute Gasteiger partial charge is 0.0992 e. The predicted molar refractivity (Wildman–Crippen MR) is 68.9 cm³/mol. The SMILES string of the molecule is CN1CCC(NCc2ccc(C#N)cc2Cl)C1. The van der Waals surface area contributed by atoms with Gasteiger partial charge in [-0.1, -0.05) is 17.7 Å². The minimum atomic E-state index is 0.548. The molecule has 1 unspecified atom stereocenters. The van der Waals surface area contributed by atoms with Crippen molar-refractivity contribution >= 4 is 11.6 Å². The number of likely N-dealkylation sites (N-methyl/N-ethyl adjacent to an activating group) is 1. The molecule has 0 saturated carbocycles. The normalized spacial score (nSPS) is 20.4. The first kappa shape index (κ1) is 12.4. The molecule has 0 aromatic heterocycles. The number of likely N-dealkylation sites (tertiary alicyclic amines) is 1. The summed E-state index contributed by atoms with van der Waals surface area (Å²) >= 11 is 6.12. The molecule has 1 saturated heterocycles. The topological polar surface area (TPSA) is 39.1 Å². The molecule has 4 heteroatoms. The van der Waals surface area contributed by atoms with E-state index in [9.17, 15) is 0 Å². The van der Waals surface area contributed by atoms with E-state index >= 15 is 0 Å². The first-order valence-electron chi connectivity index (χ1n) is 5.79. The lowest BCUT2D eigenvalue weighted by Crippen LogP contribution is -2.31. The molecule has 0 amide bonds. The molecular weight excluding hydrogens is 234 g/mol. The summed E-state index contributed by atoms with van der Waals surface area (Å²) in [5.41, 5.74) is 1.67. The van der Waals surface area contributed by atoms with E-state index in [0.29, 0.717) is 16.6 Å². The van der Waals surface area contributed by atoms with E-state index < -0.39 is 0 Å². The average molecular weight is 250 g/mol. The van der Waals surface area contributed by atoms with Crippen molar-refractivity contribution in [3.05, 3.63) is 34.3 Å². The molecule has 1 aliphatic heterocycles. The van der Waals surface area contributed by atoms with Gasteiger partial charge >= 0.3 is 0 Å². The molecule has 1 aromatic rings. The van der Waals surface area contributed by atoms with Crippen molar-refractivity contribution in [2.24, 2.45) is 0 Å². The minimum Gasteiger partial charge on any atom is -0.309 e. The van der Waals surface area contributed by atoms with Gasteiger partial charge in [-0.25, -0.2) is 0 Å². The van der Waals surface area contributed by atoms with Crippen LogP contribution >= 0.6 is 11.6 Å². The van der Waals surface area contributed by atoms with Crippen LogP contribution in [0.1, 0.15) is 17.5 Å². The molecule has 1 heterocycles. The number of nitrogens with one attached hydrogen (secondary N) is 1. The van der Waals surface area contributed by atoms with E-state index in [-0.39, 0.29) is 0 Å². The second-order valence-corrected chi connectivity index (χ2v) is 4.95. The van der Waals surface area contributed by atoms with Crippen LogP contribution in [-0.4, -0.2) is 31.1 Å². The number of nitrogens with zero attached hydrogens (tertiary/aromatic N) is 2. The largest absolute Gasteiger partial charge is 0.309 e. The first-order chi connectivity index (χ1) is 8.19. The Labute approximate surface area is 107 Å². The zero-order chi connectivity index (χ0) is 12.3. The van der Waals surface area contributed by atoms with Crippen LogP contribution in [0.5, 0.6) is 0 Å². The summed E-state index contributed by atoms with van der Waals surface area (Å²) in [6.07, 6.45) is 1.18. The molecule has 1 N–H and O–H groups in total. The maximum atomic E-state index is 8.75. The Morgan fingerprint density at radius 2 is 2.41 bits per heavy atom. The molecule has 3 nitrogen and oxygen atoms in total. The minimum absolute atomic E-state index is 0.548. The molecule has 0 aliphatic carbocycles. The Kier molecular flexibility index (Phi) is 4.01. The number of halogens is 1. The van der Waals surface area contributed by atoms with E-state index in [1.54, 1.807) is 6.07 Å². The van der Waals surface area contributed by atoms with Crippen LogP contribution < -0.4 is 5.32 Å². The van der Waals surface area contributed by atoms with Gasteiger partial charge in [-0.3, -0.25) is 0 Å². The lowest BCUT2D eigenvalue weighted by molar-refractivity contribution is 0.397. The Hall–Kier alpha value is -1.08. The number of benzene rings is 1. The molecule has 2 rings (SSSR count). The molecule has 1 aliphatic rings. The highest BCUT2D eigenvalue weighted by atomic mass is 35.5. The summed E-state index contributed by atoms with van der Waals surface area (Å²) in [4.78, 5) is 2.32. The Bertz CT molecular complexity index is 439. The van der Waals surface area contributed by atoms with Crippen LogP contribution in [0.3, 0.4) is 0 Å². The van der Waals surface area contributed by atoms with Crippen LogP contribution in [0.2, 0.25) is 5.02 Å². The predicted octanol–water partition coefficient (Wildman–Crippen LogP) is 2.01. The molecule has 90 valence electrons. The quantitative estimate of drug-likeness (QED) is 0.891. The van der Waals surface area contributed by atoms with Gasteiger partial charge in [0.1, 0.15) is 0 Å². The fraction of sp³-hybridized carbons (Fsp3) is 0.462. The van der Waals surface area contributed by atoms with Crippen molar-refractivity contribution in [2.45, 2.75) is 19.0 Å². The Morgan fingerprint density at radius 1 is 1.59 bits per heavy atom. The monoisotopic (exact) mass is 249 g/mol. The third-order valence-corrected chi connectivity index (χ3v) is 3.51. The summed E-state index contributed by atoms with van der Waals surface area (Å²) in [7, 11) is 2.14. The van der Waals surface area contributed by atoms with Crippen LogP contribution in [0.25, 0.3) is 0 Å². The Morgan fingerprint density at radius 3 is 3.00 bits per heavy atom. The van der Waals surface area contributed by atoms with Gasteiger partial charge in [-0.2, -0.15) is 5.26 Å². The molecule has 17 heavy (non-hydrogen) atoms. The summed E-state index contributed by atoms with van der Waals surface area (Å²) in [5, 5.41) is 12.9. The lowest BCUT2D eigenvalue weighted by Gasteiger charge is -2.13. The van der Waals surface area contributed by atoms with E-state index in [4.69, 9.17) is 16.9 Å². The highest BCUT2D eigenvalue weighted by molar-refractivity contribution is 6.31. The van der Waals surface area contributed by atoms with Crippen LogP contribution in [-0.2, 0) is 6.54 Å². The molecule has 0 spiro atoms. The second-order valence-electron chi connectivity index (χ2n) is 4.55. The number of hydrogen-bond acceptors (Lipinski definition) is 3. The van der Waals surface area contributed by atoms with E-state index in [2.05, 4.69) is 23.3 Å². The van der Waals surface area contributed by atoms with Crippen molar-refractivity contribution in [2.75, 3.05) is 20.1 Å². The van der Waals surface area contributed by atoms with Crippen molar-refractivity contribution in [3.8, 4) is 6.07 Å². The van der Waals surface area contributed by atoms with Gasteiger partial charge in [0.25, 0.3) is 0 Å². The number of hydrogen-bond donors (Lipinski definition) is 1. The van der Waals surface area contributed by atoms with Gasteiger partial charge in [-0.15, -0.1) is 0 Å². The zero-order valence-electron chi connectivity index (χ0n) is 9.91. The molecule has 1 aromatic carbocycles. The number of nitriles is 1. The van der Waals surface area contributed by atoms with Gasteiger partial charge in [-0.05, 0) is 37.7 Å². The first-order valence-corrected chi connectivity index (χ1v) is 6.17. The van der Waals surface area contributed by atoms with E-state index in [0.717, 1.165) is 25.2 Å².